The fourth-order valence-electron chi connectivity index (χ4n) is 3.61. The van der Waals surface area contributed by atoms with Crippen molar-refractivity contribution in [2.45, 2.75) is 18.9 Å². The van der Waals surface area contributed by atoms with Crippen LogP contribution in [0.1, 0.15) is 12.8 Å². The molecule has 0 amide bonds. The quantitative estimate of drug-likeness (QED) is 0.745. The lowest BCUT2D eigenvalue weighted by Crippen LogP contribution is -2.41. The summed E-state index contributed by atoms with van der Waals surface area (Å²) >= 11 is 0. The smallest absolute Gasteiger partial charge is 0.179 e. The number of pyridine rings is 1. The Morgan fingerprint density at radius 3 is 2.72 bits per heavy atom. The molecule has 2 aromatic heterocycles. The number of rotatable bonds is 3. The molecule has 0 bridgehead atoms. The lowest BCUT2D eigenvalue weighted by molar-refractivity contribution is 0.291. The van der Waals surface area contributed by atoms with E-state index >= 15 is 0 Å². The average molecular weight is 331 g/mol. The van der Waals surface area contributed by atoms with Crippen molar-refractivity contribution < 1.29 is 0 Å². The number of aromatic nitrogens is 2. The zero-order chi connectivity index (χ0) is 17.2. The Bertz CT molecular complexity index is 901. The highest BCUT2D eigenvalue weighted by Gasteiger charge is 2.22. The third-order valence-corrected chi connectivity index (χ3v) is 5.16. The number of fused-ring (bicyclic) bond motifs is 1. The van der Waals surface area contributed by atoms with Gasteiger partial charge in [-0.2, -0.15) is 5.26 Å². The summed E-state index contributed by atoms with van der Waals surface area (Å²) in [5, 5.41) is 10.2. The Morgan fingerprint density at radius 1 is 1.24 bits per heavy atom. The molecule has 25 heavy (non-hydrogen) atoms. The highest BCUT2D eigenvalue weighted by atomic mass is 15.2. The molecule has 126 valence electrons. The summed E-state index contributed by atoms with van der Waals surface area (Å²) in [4.78, 5) is 12.0. The minimum Gasteiger partial charge on any atom is -0.370 e. The predicted octanol–water partition coefficient (Wildman–Crippen LogP) is 3.61. The molecule has 0 unspecified atom stereocenters. The summed E-state index contributed by atoms with van der Waals surface area (Å²) < 4.78 is 0. The van der Waals surface area contributed by atoms with E-state index in [1.807, 2.05) is 23.4 Å². The van der Waals surface area contributed by atoms with E-state index in [4.69, 9.17) is 5.26 Å². The summed E-state index contributed by atoms with van der Waals surface area (Å²) in [6.07, 6.45) is 8.21. The van der Waals surface area contributed by atoms with Crippen LogP contribution in [0.15, 0.2) is 48.8 Å². The van der Waals surface area contributed by atoms with Gasteiger partial charge in [0.05, 0.1) is 11.9 Å². The van der Waals surface area contributed by atoms with Crippen molar-refractivity contribution in [3.8, 4) is 17.3 Å². The highest BCUT2D eigenvalue weighted by molar-refractivity contribution is 5.95. The van der Waals surface area contributed by atoms with Gasteiger partial charge in [-0.05, 0) is 24.5 Å². The number of nitrogens with one attached hydrogen (secondary N) is 1. The van der Waals surface area contributed by atoms with E-state index in [9.17, 15) is 0 Å². The molecular formula is C20H21N5. The largest absolute Gasteiger partial charge is 0.370 e. The number of aromatic amines is 1. The zero-order valence-corrected chi connectivity index (χ0v) is 14.3. The van der Waals surface area contributed by atoms with Crippen LogP contribution >= 0.6 is 0 Å². The van der Waals surface area contributed by atoms with Gasteiger partial charge in [-0.1, -0.05) is 30.3 Å². The molecule has 0 radical (unpaired) electrons. The maximum atomic E-state index is 9.02. The lowest BCUT2D eigenvalue weighted by atomic mass is 10.0. The molecule has 5 nitrogen and oxygen atoms in total. The molecule has 0 spiro atoms. The average Bonchev–Trinajstić information content (AvgIpc) is 3.11. The SMILES string of the molecule is CN(c1cnc2[nH]cc(-c3ccccc3)c2c1)C1CCN(C#N)CC1. The molecule has 1 fully saturated rings. The van der Waals surface area contributed by atoms with E-state index in [0.29, 0.717) is 6.04 Å². The number of likely N-dealkylation sites (tertiary alicyclic amines) is 1. The molecule has 1 saturated heterocycles. The highest BCUT2D eigenvalue weighted by Crippen LogP contribution is 2.31. The van der Waals surface area contributed by atoms with Crippen molar-refractivity contribution >= 4 is 16.7 Å². The molecule has 3 heterocycles. The summed E-state index contributed by atoms with van der Waals surface area (Å²) in [7, 11) is 2.13. The molecule has 1 N–H and O–H groups in total. The molecule has 0 aliphatic carbocycles. The van der Waals surface area contributed by atoms with Gasteiger partial charge in [-0.15, -0.1) is 0 Å². The molecular weight excluding hydrogens is 310 g/mol. The van der Waals surface area contributed by atoms with Gasteiger partial charge in [0, 0.05) is 43.3 Å². The molecule has 3 aromatic rings. The van der Waals surface area contributed by atoms with Gasteiger partial charge in [0.1, 0.15) is 5.65 Å². The standard InChI is InChI=1S/C20H21N5/c1-24(16-7-9-25(14-21)10-8-16)17-11-18-19(13-23-20(18)22-12-17)15-5-3-2-4-6-15/h2-6,11-13,16H,7-10H2,1H3,(H,22,23). The van der Waals surface area contributed by atoms with Crippen molar-refractivity contribution in [2.24, 2.45) is 0 Å². The Balaban J connectivity index is 1.64. The van der Waals surface area contributed by atoms with Gasteiger partial charge in [-0.25, -0.2) is 4.98 Å². The Kier molecular flexibility index (Phi) is 4.02. The number of nitriles is 1. The van der Waals surface area contributed by atoms with Crippen LogP contribution in [-0.2, 0) is 0 Å². The number of nitrogens with zero attached hydrogens (tertiary/aromatic N) is 4. The van der Waals surface area contributed by atoms with E-state index in [0.717, 1.165) is 42.7 Å². The van der Waals surface area contributed by atoms with Crippen molar-refractivity contribution in [1.29, 1.82) is 5.26 Å². The fourth-order valence-corrected chi connectivity index (χ4v) is 3.61. The first-order valence-corrected chi connectivity index (χ1v) is 8.66. The number of hydrogen-bond acceptors (Lipinski definition) is 4. The van der Waals surface area contributed by atoms with Gasteiger partial charge in [-0.3, -0.25) is 0 Å². The minimum absolute atomic E-state index is 0.447. The third kappa shape index (κ3) is 2.91. The van der Waals surface area contributed by atoms with Gasteiger partial charge in [0.2, 0.25) is 0 Å². The molecule has 1 aliphatic heterocycles. The summed E-state index contributed by atoms with van der Waals surface area (Å²) in [5.41, 5.74) is 4.41. The normalized spacial score (nSPS) is 15.3. The van der Waals surface area contributed by atoms with Crippen molar-refractivity contribution in [3.63, 3.8) is 0 Å². The first-order chi connectivity index (χ1) is 12.3. The van der Waals surface area contributed by atoms with Crippen molar-refractivity contribution in [2.75, 3.05) is 25.0 Å². The number of piperidine rings is 1. The summed E-state index contributed by atoms with van der Waals surface area (Å²) in [6.45, 7) is 1.67. The van der Waals surface area contributed by atoms with Gasteiger partial charge in [0.15, 0.2) is 6.19 Å². The Hall–Kier alpha value is -3.00. The van der Waals surface area contributed by atoms with Crippen LogP contribution in [-0.4, -0.2) is 41.0 Å². The van der Waals surface area contributed by atoms with E-state index in [-0.39, 0.29) is 0 Å². The Labute approximate surface area is 147 Å². The summed E-state index contributed by atoms with van der Waals surface area (Å²) in [6, 6.07) is 13.1. The molecule has 5 heteroatoms. The first kappa shape index (κ1) is 15.5. The second-order valence-electron chi connectivity index (χ2n) is 6.59. The lowest BCUT2D eigenvalue weighted by Gasteiger charge is -2.35. The van der Waals surface area contributed by atoms with Crippen molar-refractivity contribution in [3.05, 3.63) is 48.8 Å². The van der Waals surface area contributed by atoms with Gasteiger partial charge < -0.3 is 14.8 Å². The molecule has 1 aliphatic rings. The monoisotopic (exact) mass is 331 g/mol. The molecule has 0 atom stereocenters. The number of anilines is 1. The van der Waals surface area contributed by atoms with E-state index < -0.39 is 0 Å². The topological polar surface area (TPSA) is 59.0 Å². The number of hydrogen-bond donors (Lipinski definition) is 1. The van der Waals surface area contributed by atoms with Crippen LogP contribution in [0.5, 0.6) is 0 Å². The van der Waals surface area contributed by atoms with E-state index in [1.54, 1.807) is 0 Å². The van der Waals surface area contributed by atoms with Crippen LogP contribution < -0.4 is 4.90 Å². The van der Waals surface area contributed by atoms with Crippen LogP contribution in [0.2, 0.25) is 0 Å². The van der Waals surface area contributed by atoms with Crippen LogP contribution in [0.4, 0.5) is 5.69 Å². The second-order valence-corrected chi connectivity index (χ2v) is 6.59. The van der Waals surface area contributed by atoms with Crippen LogP contribution in [0.25, 0.3) is 22.2 Å². The third-order valence-electron chi connectivity index (χ3n) is 5.16. The maximum absolute atomic E-state index is 9.02. The van der Waals surface area contributed by atoms with Crippen LogP contribution in [0.3, 0.4) is 0 Å². The number of H-pyrrole nitrogens is 1. The first-order valence-electron chi connectivity index (χ1n) is 8.66. The molecule has 1 aromatic carbocycles. The van der Waals surface area contributed by atoms with Crippen LogP contribution in [0, 0.1) is 11.5 Å². The maximum Gasteiger partial charge on any atom is 0.179 e. The van der Waals surface area contributed by atoms with E-state index in [2.05, 4.69) is 58.4 Å². The van der Waals surface area contributed by atoms with Gasteiger partial charge >= 0.3 is 0 Å². The summed E-state index contributed by atoms with van der Waals surface area (Å²) in [5.74, 6) is 0. The molecule has 4 rings (SSSR count). The van der Waals surface area contributed by atoms with E-state index in [1.165, 1.54) is 11.1 Å². The number of benzene rings is 1. The minimum atomic E-state index is 0.447. The van der Waals surface area contributed by atoms with Crippen molar-refractivity contribution in [1.82, 2.24) is 14.9 Å². The second kappa shape index (κ2) is 6.48. The fraction of sp³-hybridized carbons (Fsp3) is 0.300. The predicted molar refractivity (Wildman–Crippen MR) is 100 cm³/mol. The van der Waals surface area contributed by atoms with Gasteiger partial charge in [0.25, 0.3) is 0 Å². The molecule has 0 saturated carbocycles. The zero-order valence-electron chi connectivity index (χ0n) is 14.3. The Morgan fingerprint density at radius 2 is 2.00 bits per heavy atom.